The molecular weight excluding hydrogens is 538 g/mol. The molecule has 214 valence electrons. The highest BCUT2D eigenvalue weighted by Gasteiger charge is 2.26. The average Bonchev–Trinajstić information content (AvgIpc) is 3.27. The highest BCUT2D eigenvalue weighted by atomic mass is 35.5. The number of hydrogen-bond donors (Lipinski definition) is 0. The Morgan fingerprint density at radius 2 is 1.76 bits per heavy atom. The van der Waals surface area contributed by atoms with Gasteiger partial charge < -0.3 is 19.1 Å². The molecule has 0 aliphatic carbocycles. The predicted molar refractivity (Wildman–Crippen MR) is 162 cm³/mol. The number of amides is 2. The molecule has 3 aromatic carbocycles. The molecule has 2 heterocycles. The number of aryl methyl sites for hydroxylation is 1. The molecule has 8 nitrogen and oxygen atoms in total. The van der Waals surface area contributed by atoms with Gasteiger partial charge in [0.25, 0.3) is 5.91 Å². The highest BCUT2D eigenvalue weighted by molar-refractivity contribution is 6.31. The van der Waals surface area contributed by atoms with Crippen molar-refractivity contribution in [1.82, 2.24) is 19.4 Å². The van der Waals surface area contributed by atoms with Crippen LogP contribution in [0.15, 0.2) is 66.7 Å². The van der Waals surface area contributed by atoms with Crippen LogP contribution in [-0.2, 0) is 24.9 Å². The first kappa shape index (κ1) is 28.6. The first-order valence-corrected chi connectivity index (χ1v) is 14.4. The van der Waals surface area contributed by atoms with Crippen LogP contribution in [0.25, 0.3) is 11.0 Å². The van der Waals surface area contributed by atoms with E-state index in [0.29, 0.717) is 55.7 Å². The summed E-state index contributed by atoms with van der Waals surface area (Å²) in [5.74, 6) is 1.03. The third-order valence-corrected chi connectivity index (χ3v) is 7.79. The lowest BCUT2D eigenvalue weighted by Crippen LogP contribution is -2.39. The van der Waals surface area contributed by atoms with Crippen molar-refractivity contribution in [2.75, 3.05) is 37.7 Å². The van der Waals surface area contributed by atoms with Gasteiger partial charge in [-0.2, -0.15) is 0 Å². The molecule has 0 fully saturated rings. The van der Waals surface area contributed by atoms with Crippen LogP contribution in [-0.4, -0.2) is 64.0 Å². The number of anilines is 1. The summed E-state index contributed by atoms with van der Waals surface area (Å²) in [5.41, 5.74) is 4.38. The monoisotopic (exact) mass is 573 g/mol. The summed E-state index contributed by atoms with van der Waals surface area (Å²) < 4.78 is 7.72. The lowest BCUT2D eigenvalue weighted by molar-refractivity contribution is -0.116. The van der Waals surface area contributed by atoms with Crippen LogP contribution in [0, 0.1) is 0 Å². The van der Waals surface area contributed by atoms with Crippen molar-refractivity contribution in [3.63, 3.8) is 0 Å². The summed E-state index contributed by atoms with van der Waals surface area (Å²) in [6.45, 7) is 7.71. The van der Waals surface area contributed by atoms with E-state index >= 15 is 0 Å². The fraction of sp³-hybridized carbons (Fsp3) is 0.344. The Morgan fingerprint density at radius 1 is 0.976 bits per heavy atom. The lowest BCUT2D eigenvalue weighted by Gasteiger charge is -2.28. The van der Waals surface area contributed by atoms with Crippen molar-refractivity contribution in [2.45, 2.75) is 33.4 Å². The number of nitrogens with zero attached hydrogens (tertiary/aromatic N) is 5. The quantitative estimate of drug-likeness (QED) is 0.314. The molecule has 5 rings (SSSR count). The normalized spacial score (nSPS) is 14.9. The Morgan fingerprint density at radius 3 is 2.56 bits per heavy atom. The third-order valence-electron chi connectivity index (χ3n) is 7.55. The molecule has 41 heavy (non-hydrogen) atoms. The number of imidazole rings is 1. The maximum atomic E-state index is 14.1. The summed E-state index contributed by atoms with van der Waals surface area (Å²) in [6, 6.07) is 21.4. The van der Waals surface area contributed by atoms with E-state index in [1.165, 1.54) is 0 Å². The van der Waals surface area contributed by atoms with Gasteiger partial charge in [-0.1, -0.05) is 48.0 Å². The van der Waals surface area contributed by atoms with Crippen molar-refractivity contribution in [3.8, 4) is 5.75 Å². The molecule has 0 N–H and O–H groups in total. The van der Waals surface area contributed by atoms with E-state index in [4.69, 9.17) is 16.3 Å². The van der Waals surface area contributed by atoms with Gasteiger partial charge in [0, 0.05) is 69.5 Å². The minimum Gasteiger partial charge on any atom is -0.494 e. The van der Waals surface area contributed by atoms with Gasteiger partial charge in [-0.3, -0.25) is 14.5 Å². The van der Waals surface area contributed by atoms with Gasteiger partial charge in [0.2, 0.25) is 5.91 Å². The summed E-state index contributed by atoms with van der Waals surface area (Å²) in [6.07, 6.45) is 0.796. The van der Waals surface area contributed by atoms with Crippen LogP contribution < -0.4 is 9.64 Å². The maximum Gasteiger partial charge on any atom is 0.290 e. The molecule has 4 aromatic rings. The molecule has 1 aromatic heterocycles. The molecule has 0 radical (unpaired) electrons. The Hall–Kier alpha value is -3.88. The molecule has 0 saturated heterocycles. The molecule has 0 saturated carbocycles. The first-order valence-electron chi connectivity index (χ1n) is 14.1. The van der Waals surface area contributed by atoms with E-state index < -0.39 is 0 Å². The minimum absolute atomic E-state index is 0.0185. The highest BCUT2D eigenvalue weighted by Crippen LogP contribution is 2.26. The van der Waals surface area contributed by atoms with Gasteiger partial charge in [0.15, 0.2) is 5.82 Å². The van der Waals surface area contributed by atoms with Crippen LogP contribution in [0.2, 0.25) is 5.02 Å². The Bertz CT molecular complexity index is 1550. The number of carbonyl (C=O) groups excluding carboxylic acids is 2. The molecular formula is C32H36ClN5O3. The van der Waals surface area contributed by atoms with Gasteiger partial charge in [0.1, 0.15) is 5.75 Å². The molecule has 1 aliphatic rings. The number of fused-ring (bicyclic) bond motifs is 2. The third kappa shape index (κ3) is 6.39. The second-order valence-electron chi connectivity index (χ2n) is 10.3. The summed E-state index contributed by atoms with van der Waals surface area (Å²) >= 11 is 6.21. The number of ether oxygens (including phenoxy) is 1. The number of benzene rings is 3. The number of hydrogen-bond acceptors (Lipinski definition) is 5. The number of halogens is 1. The SMILES string of the molecule is CCOc1ccccc1CN1CCCN(C(C)=O)c2ccccc2CN(C(=O)c2nc3cc(Cl)ccc3n2C)CC1. The predicted octanol–water partition coefficient (Wildman–Crippen LogP) is 5.53. The molecule has 9 heteroatoms. The van der Waals surface area contributed by atoms with E-state index in [2.05, 4.69) is 16.0 Å². The number of para-hydroxylation sites is 2. The van der Waals surface area contributed by atoms with Crippen LogP contribution in [0.1, 0.15) is 42.0 Å². The summed E-state index contributed by atoms with van der Waals surface area (Å²) in [7, 11) is 1.85. The Balaban J connectivity index is 1.51. The number of rotatable bonds is 5. The van der Waals surface area contributed by atoms with Gasteiger partial charge >= 0.3 is 0 Å². The summed E-state index contributed by atoms with van der Waals surface area (Å²) in [5, 5.41) is 0.575. The summed E-state index contributed by atoms with van der Waals surface area (Å²) in [4.78, 5) is 37.6. The van der Waals surface area contributed by atoms with Crippen LogP contribution in [0.3, 0.4) is 0 Å². The van der Waals surface area contributed by atoms with Crippen molar-refractivity contribution >= 4 is 40.1 Å². The van der Waals surface area contributed by atoms with Gasteiger partial charge in [-0.15, -0.1) is 0 Å². The zero-order chi connectivity index (χ0) is 28.9. The van der Waals surface area contributed by atoms with Gasteiger partial charge in [0.05, 0.1) is 17.6 Å². The molecule has 0 spiro atoms. The molecule has 1 aliphatic heterocycles. The zero-order valence-electron chi connectivity index (χ0n) is 23.8. The Labute approximate surface area is 246 Å². The van der Waals surface area contributed by atoms with E-state index in [9.17, 15) is 9.59 Å². The van der Waals surface area contributed by atoms with Crippen LogP contribution >= 0.6 is 11.6 Å². The van der Waals surface area contributed by atoms with Crippen molar-refractivity contribution in [2.24, 2.45) is 7.05 Å². The average molecular weight is 574 g/mol. The molecule has 0 unspecified atom stereocenters. The fourth-order valence-electron chi connectivity index (χ4n) is 5.48. The van der Waals surface area contributed by atoms with E-state index in [1.807, 2.05) is 76.9 Å². The second-order valence-corrected chi connectivity index (χ2v) is 10.8. The zero-order valence-corrected chi connectivity index (χ0v) is 24.6. The van der Waals surface area contributed by atoms with E-state index in [0.717, 1.165) is 41.0 Å². The minimum atomic E-state index is -0.169. The molecule has 2 amide bonds. The lowest BCUT2D eigenvalue weighted by atomic mass is 10.1. The van der Waals surface area contributed by atoms with Crippen LogP contribution in [0.5, 0.6) is 5.75 Å². The standard InChI is InChI=1S/C32H36ClN5O3/c1-4-41-30-13-8-6-11-25(30)21-36-16-9-17-38(23(2)39)28-12-7-5-10-24(28)22-37(19-18-36)32(40)31-34-27-20-26(33)14-15-29(27)35(31)3/h5-8,10-15,20H,4,9,16-19,21-22H2,1-3H3. The number of carbonyl (C=O) groups is 2. The largest absolute Gasteiger partial charge is 0.494 e. The van der Waals surface area contributed by atoms with E-state index in [-0.39, 0.29) is 11.8 Å². The van der Waals surface area contributed by atoms with Gasteiger partial charge in [-0.25, -0.2) is 4.98 Å². The topological polar surface area (TPSA) is 70.9 Å². The van der Waals surface area contributed by atoms with Crippen molar-refractivity contribution < 1.29 is 14.3 Å². The molecule has 0 bridgehead atoms. The second kappa shape index (κ2) is 12.7. The fourth-order valence-corrected chi connectivity index (χ4v) is 5.64. The van der Waals surface area contributed by atoms with Gasteiger partial charge in [-0.05, 0) is 49.2 Å². The number of aromatic nitrogens is 2. The van der Waals surface area contributed by atoms with Crippen molar-refractivity contribution in [3.05, 3.63) is 88.7 Å². The smallest absolute Gasteiger partial charge is 0.290 e. The van der Waals surface area contributed by atoms with E-state index in [1.54, 1.807) is 19.1 Å². The first-order chi connectivity index (χ1) is 19.9. The van der Waals surface area contributed by atoms with Crippen LogP contribution in [0.4, 0.5) is 5.69 Å². The Kier molecular flexibility index (Phi) is 8.90. The maximum absolute atomic E-state index is 14.1. The van der Waals surface area contributed by atoms with Crippen molar-refractivity contribution in [1.29, 1.82) is 0 Å². The molecule has 0 atom stereocenters.